The normalized spacial score (nSPS) is 18.4. The Bertz CT molecular complexity index is 589. The smallest absolute Gasteiger partial charge is 0.406 e. The molecule has 1 aromatic carbocycles. The minimum atomic E-state index is -4.72. The van der Waals surface area contributed by atoms with E-state index in [-0.39, 0.29) is 11.7 Å². The van der Waals surface area contributed by atoms with Gasteiger partial charge in [0.1, 0.15) is 5.75 Å². The number of carbonyl (C=O) groups excluding carboxylic acids is 1. The van der Waals surface area contributed by atoms with Gasteiger partial charge < -0.3 is 9.64 Å². The molecular formula is C16H16F3NO2. The molecule has 0 aromatic heterocycles. The van der Waals surface area contributed by atoms with Crippen LogP contribution in [0.5, 0.6) is 5.75 Å². The second kappa shape index (κ2) is 5.66. The van der Waals surface area contributed by atoms with Gasteiger partial charge in [0, 0.05) is 18.7 Å². The summed E-state index contributed by atoms with van der Waals surface area (Å²) in [5.74, 6) is -0.457. The van der Waals surface area contributed by atoms with E-state index in [9.17, 15) is 18.0 Å². The minimum absolute atomic E-state index is 0.140. The molecule has 0 spiro atoms. The molecule has 0 bridgehead atoms. The number of halogens is 3. The van der Waals surface area contributed by atoms with Crippen molar-refractivity contribution in [3.8, 4) is 5.75 Å². The van der Waals surface area contributed by atoms with Crippen LogP contribution in [0.3, 0.4) is 0 Å². The molecule has 0 atom stereocenters. The number of likely N-dealkylation sites (tertiary alicyclic amines) is 1. The minimum Gasteiger partial charge on any atom is -0.406 e. The number of benzene rings is 1. The molecule has 6 heteroatoms. The third-order valence-electron chi connectivity index (χ3n) is 3.99. The summed E-state index contributed by atoms with van der Waals surface area (Å²) in [6, 6.07) is 5.08. The van der Waals surface area contributed by atoms with Gasteiger partial charge in [-0.15, -0.1) is 13.2 Å². The van der Waals surface area contributed by atoms with Crippen LogP contribution in [0.4, 0.5) is 13.2 Å². The predicted octanol–water partition coefficient (Wildman–Crippen LogP) is 3.91. The predicted molar refractivity (Wildman–Crippen MR) is 74.5 cm³/mol. The Hall–Kier alpha value is -1.98. The van der Waals surface area contributed by atoms with Gasteiger partial charge >= 0.3 is 6.36 Å². The van der Waals surface area contributed by atoms with Gasteiger partial charge in [-0.3, -0.25) is 4.79 Å². The Balaban J connectivity index is 1.61. The molecule has 1 aliphatic carbocycles. The van der Waals surface area contributed by atoms with E-state index in [2.05, 4.69) is 4.74 Å². The van der Waals surface area contributed by atoms with E-state index in [0.717, 1.165) is 12.8 Å². The fraction of sp³-hybridized carbons (Fsp3) is 0.438. The van der Waals surface area contributed by atoms with Crippen molar-refractivity contribution < 1.29 is 22.7 Å². The first-order chi connectivity index (χ1) is 10.4. The molecule has 2 fully saturated rings. The average molecular weight is 311 g/mol. The highest BCUT2D eigenvalue weighted by molar-refractivity contribution is 5.94. The molecule has 118 valence electrons. The van der Waals surface area contributed by atoms with Crippen molar-refractivity contribution >= 4 is 5.91 Å². The fourth-order valence-corrected chi connectivity index (χ4v) is 2.73. The van der Waals surface area contributed by atoms with Gasteiger partial charge in [0.2, 0.25) is 0 Å². The molecule has 1 aliphatic heterocycles. The Labute approximate surface area is 126 Å². The maximum Gasteiger partial charge on any atom is 0.573 e. The van der Waals surface area contributed by atoms with Crippen molar-refractivity contribution in [1.82, 2.24) is 4.90 Å². The summed E-state index contributed by atoms with van der Waals surface area (Å²) in [5.41, 5.74) is 3.41. The summed E-state index contributed by atoms with van der Waals surface area (Å²) in [5, 5.41) is 0. The molecule has 1 heterocycles. The topological polar surface area (TPSA) is 29.5 Å². The quantitative estimate of drug-likeness (QED) is 0.775. The van der Waals surface area contributed by atoms with Crippen LogP contribution in [0.25, 0.3) is 0 Å². The molecule has 1 aromatic rings. The van der Waals surface area contributed by atoms with Crippen molar-refractivity contribution in [1.29, 1.82) is 0 Å². The molecular weight excluding hydrogens is 295 g/mol. The van der Waals surface area contributed by atoms with Gasteiger partial charge in [-0.25, -0.2) is 0 Å². The summed E-state index contributed by atoms with van der Waals surface area (Å²) in [7, 11) is 0. The van der Waals surface area contributed by atoms with Crippen LogP contribution in [0.2, 0.25) is 0 Å². The molecule has 0 radical (unpaired) electrons. The van der Waals surface area contributed by atoms with Crippen LogP contribution in [-0.2, 0) is 0 Å². The summed E-state index contributed by atoms with van der Waals surface area (Å²) < 4.78 is 40.1. The molecule has 0 unspecified atom stereocenters. The molecule has 2 aliphatic rings. The van der Waals surface area contributed by atoms with Gasteiger partial charge in [0.15, 0.2) is 0 Å². The van der Waals surface area contributed by atoms with Gasteiger partial charge in [0.25, 0.3) is 5.91 Å². The first-order valence-corrected chi connectivity index (χ1v) is 7.27. The van der Waals surface area contributed by atoms with Crippen molar-refractivity contribution in [2.24, 2.45) is 0 Å². The van der Waals surface area contributed by atoms with E-state index >= 15 is 0 Å². The van der Waals surface area contributed by atoms with Crippen molar-refractivity contribution in [2.45, 2.75) is 32.0 Å². The van der Waals surface area contributed by atoms with E-state index in [0.29, 0.717) is 18.7 Å². The maximum absolute atomic E-state index is 12.3. The monoisotopic (exact) mass is 311 g/mol. The number of carbonyl (C=O) groups is 1. The van der Waals surface area contributed by atoms with E-state index in [1.807, 2.05) is 0 Å². The lowest BCUT2D eigenvalue weighted by Gasteiger charge is -2.28. The summed E-state index contributed by atoms with van der Waals surface area (Å²) in [6.07, 6.45) is -0.494. The highest BCUT2D eigenvalue weighted by Crippen LogP contribution is 2.36. The van der Waals surface area contributed by atoms with Crippen LogP contribution in [-0.4, -0.2) is 30.3 Å². The number of piperidine rings is 1. The fourth-order valence-electron chi connectivity index (χ4n) is 2.73. The lowest BCUT2D eigenvalue weighted by molar-refractivity contribution is -0.274. The lowest BCUT2D eigenvalue weighted by Crippen LogP contribution is -2.36. The zero-order chi connectivity index (χ0) is 15.7. The van der Waals surface area contributed by atoms with Crippen molar-refractivity contribution in [2.75, 3.05) is 13.1 Å². The highest BCUT2D eigenvalue weighted by Gasteiger charge is 2.31. The number of ether oxygens (including phenoxy) is 1. The number of rotatable bonds is 2. The Morgan fingerprint density at radius 3 is 2.00 bits per heavy atom. The second-order valence-corrected chi connectivity index (χ2v) is 5.57. The molecule has 0 N–H and O–H groups in total. The standard InChI is InChI=1S/C16H16F3NO2/c17-16(18,19)22-14-5-3-13(4-6-14)15(21)20-9-7-12(8-10-20)11-1-2-11/h3-6H,1-2,7-10H2. The largest absolute Gasteiger partial charge is 0.573 e. The van der Waals surface area contributed by atoms with Crippen molar-refractivity contribution in [3.63, 3.8) is 0 Å². The number of amides is 1. The molecule has 3 rings (SSSR count). The molecule has 1 saturated heterocycles. The number of hydrogen-bond acceptors (Lipinski definition) is 2. The molecule has 1 amide bonds. The second-order valence-electron chi connectivity index (χ2n) is 5.57. The highest BCUT2D eigenvalue weighted by atomic mass is 19.4. The number of allylic oxidation sites excluding steroid dienone is 1. The van der Waals surface area contributed by atoms with Gasteiger partial charge in [-0.2, -0.15) is 0 Å². The zero-order valence-electron chi connectivity index (χ0n) is 11.9. The van der Waals surface area contributed by atoms with Crippen LogP contribution >= 0.6 is 0 Å². The summed E-state index contributed by atoms with van der Waals surface area (Å²) in [6.45, 7) is 1.36. The van der Waals surface area contributed by atoms with Gasteiger partial charge in [-0.05, 0) is 49.9 Å². The summed E-state index contributed by atoms with van der Waals surface area (Å²) >= 11 is 0. The first kappa shape index (κ1) is 14.9. The Morgan fingerprint density at radius 1 is 0.955 bits per heavy atom. The molecule has 1 saturated carbocycles. The molecule has 3 nitrogen and oxygen atoms in total. The van der Waals surface area contributed by atoms with E-state index in [1.54, 1.807) is 10.5 Å². The Morgan fingerprint density at radius 2 is 1.50 bits per heavy atom. The van der Waals surface area contributed by atoms with Crippen LogP contribution in [0.1, 0.15) is 36.0 Å². The van der Waals surface area contributed by atoms with E-state index in [4.69, 9.17) is 0 Å². The number of nitrogens with zero attached hydrogens (tertiary/aromatic N) is 1. The van der Waals surface area contributed by atoms with Crippen LogP contribution < -0.4 is 4.74 Å². The summed E-state index contributed by atoms with van der Waals surface area (Å²) in [4.78, 5) is 14.1. The molecule has 22 heavy (non-hydrogen) atoms. The van der Waals surface area contributed by atoms with Gasteiger partial charge in [0.05, 0.1) is 0 Å². The first-order valence-electron chi connectivity index (χ1n) is 7.27. The van der Waals surface area contributed by atoms with Crippen molar-refractivity contribution in [3.05, 3.63) is 41.0 Å². The number of alkyl halides is 3. The Kier molecular flexibility index (Phi) is 3.85. The third kappa shape index (κ3) is 3.61. The van der Waals surface area contributed by atoms with E-state index in [1.165, 1.54) is 42.7 Å². The zero-order valence-corrected chi connectivity index (χ0v) is 11.9. The lowest BCUT2D eigenvalue weighted by atomic mass is 10.0. The SMILES string of the molecule is O=C(c1ccc(OC(F)(F)F)cc1)N1CCC(=C2CC2)CC1. The van der Waals surface area contributed by atoms with Crippen LogP contribution in [0.15, 0.2) is 35.4 Å². The number of hydrogen-bond donors (Lipinski definition) is 0. The third-order valence-corrected chi connectivity index (χ3v) is 3.99. The average Bonchev–Trinajstić information content (AvgIpc) is 3.30. The van der Waals surface area contributed by atoms with Gasteiger partial charge in [-0.1, -0.05) is 11.1 Å². The van der Waals surface area contributed by atoms with Crippen LogP contribution in [0, 0.1) is 0 Å². The maximum atomic E-state index is 12.3. The van der Waals surface area contributed by atoms with E-state index < -0.39 is 6.36 Å².